The molecular formula is C25H34N6O3S. The van der Waals surface area contributed by atoms with Crippen LogP contribution in [-0.2, 0) is 16.4 Å². The highest BCUT2D eigenvalue weighted by atomic mass is 32.2. The van der Waals surface area contributed by atoms with Gasteiger partial charge >= 0.3 is 0 Å². The average Bonchev–Trinajstić information content (AvgIpc) is 3.38. The minimum Gasteiger partial charge on any atom is -0.393 e. The van der Waals surface area contributed by atoms with Gasteiger partial charge in [0.2, 0.25) is 16.0 Å². The summed E-state index contributed by atoms with van der Waals surface area (Å²) in [5.74, 6) is 0.925. The van der Waals surface area contributed by atoms with Gasteiger partial charge in [-0.3, -0.25) is 0 Å². The van der Waals surface area contributed by atoms with E-state index in [2.05, 4.69) is 40.5 Å². The normalized spacial score (nSPS) is 22.5. The van der Waals surface area contributed by atoms with Crippen molar-refractivity contribution in [1.29, 1.82) is 5.26 Å². The topological polar surface area (TPSA) is 131 Å². The fourth-order valence-corrected chi connectivity index (χ4v) is 6.34. The van der Waals surface area contributed by atoms with Crippen LogP contribution in [0, 0.1) is 16.7 Å². The number of rotatable bonds is 8. The van der Waals surface area contributed by atoms with E-state index in [4.69, 9.17) is 0 Å². The molecule has 2 aromatic rings. The number of hydrogen-bond acceptors (Lipinski definition) is 8. The molecule has 0 bridgehead atoms. The summed E-state index contributed by atoms with van der Waals surface area (Å²) in [5.41, 5.74) is 1.20. The van der Waals surface area contributed by atoms with E-state index in [1.165, 1.54) is 6.20 Å². The van der Waals surface area contributed by atoms with Gasteiger partial charge in [-0.05, 0) is 61.6 Å². The van der Waals surface area contributed by atoms with Crippen molar-refractivity contribution >= 4 is 21.8 Å². The molecule has 10 heteroatoms. The maximum atomic E-state index is 12.7. The molecule has 1 saturated heterocycles. The van der Waals surface area contributed by atoms with Gasteiger partial charge in [0.05, 0.1) is 17.2 Å². The minimum absolute atomic E-state index is 0.124. The number of anilines is 2. The lowest BCUT2D eigenvalue weighted by atomic mass is 9.73. The van der Waals surface area contributed by atoms with Gasteiger partial charge in [0.15, 0.2) is 0 Å². The van der Waals surface area contributed by atoms with E-state index in [1.807, 2.05) is 12.1 Å². The summed E-state index contributed by atoms with van der Waals surface area (Å²) in [6, 6.07) is 9.30. The van der Waals surface area contributed by atoms with Crippen molar-refractivity contribution in [2.24, 2.45) is 5.41 Å². The van der Waals surface area contributed by atoms with Crippen LogP contribution in [0.15, 0.2) is 35.4 Å². The summed E-state index contributed by atoms with van der Waals surface area (Å²) >= 11 is 0. The second-order valence-electron chi connectivity index (χ2n) is 10.1. The second kappa shape index (κ2) is 10.5. The number of hydrogen-bond donors (Lipinski definition) is 3. The lowest BCUT2D eigenvalue weighted by Gasteiger charge is -2.40. The number of aliphatic hydroxyl groups excluding tert-OH is 1. The minimum atomic E-state index is -3.40. The van der Waals surface area contributed by atoms with Crippen LogP contribution in [0.4, 0.5) is 11.8 Å². The molecule has 1 saturated carbocycles. The third-order valence-corrected chi connectivity index (χ3v) is 8.95. The first kappa shape index (κ1) is 25.4. The molecule has 1 aromatic heterocycles. The number of aromatic nitrogens is 2. The Hall–Kier alpha value is -2.74. The molecule has 3 N–H and O–H groups in total. The highest BCUT2D eigenvalue weighted by Gasteiger charge is 2.36. The molecule has 2 aliphatic rings. The molecule has 2 heterocycles. The molecule has 0 unspecified atom stereocenters. The smallest absolute Gasteiger partial charge is 0.243 e. The predicted molar refractivity (Wildman–Crippen MR) is 134 cm³/mol. The Morgan fingerprint density at radius 1 is 1.20 bits per heavy atom. The first-order valence-corrected chi connectivity index (χ1v) is 13.7. The van der Waals surface area contributed by atoms with Crippen molar-refractivity contribution in [3.63, 3.8) is 0 Å². The van der Waals surface area contributed by atoms with Crippen molar-refractivity contribution in [2.75, 3.05) is 30.3 Å². The summed E-state index contributed by atoms with van der Waals surface area (Å²) in [4.78, 5) is 9.11. The molecule has 188 valence electrons. The summed E-state index contributed by atoms with van der Waals surface area (Å²) in [6.07, 6.45) is 6.00. The number of nitrogens with one attached hydrogen (secondary N) is 2. The van der Waals surface area contributed by atoms with Crippen molar-refractivity contribution in [3.05, 3.63) is 41.6 Å². The third kappa shape index (κ3) is 5.92. The van der Waals surface area contributed by atoms with Crippen molar-refractivity contribution in [1.82, 2.24) is 14.3 Å². The van der Waals surface area contributed by atoms with Gasteiger partial charge in [-0.1, -0.05) is 26.0 Å². The molecular weight excluding hydrogens is 464 g/mol. The van der Waals surface area contributed by atoms with E-state index >= 15 is 0 Å². The maximum Gasteiger partial charge on any atom is 0.243 e. The molecule has 0 radical (unpaired) electrons. The summed E-state index contributed by atoms with van der Waals surface area (Å²) < 4.78 is 26.9. The van der Waals surface area contributed by atoms with Crippen LogP contribution in [0.2, 0.25) is 0 Å². The summed E-state index contributed by atoms with van der Waals surface area (Å²) in [6.45, 7) is 5.86. The monoisotopic (exact) mass is 498 g/mol. The van der Waals surface area contributed by atoms with Gasteiger partial charge in [-0.15, -0.1) is 0 Å². The SMILES string of the molecule is CC1(C)C[C@H](Nc2nc(NCCc3ccc(S(=O)(=O)N4CCCC4)cc3)ncc2C#N)CC[C@@H]1O. The Balaban J connectivity index is 1.35. The van der Waals surface area contributed by atoms with Gasteiger partial charge < -0.3 is 15.7 Å². The lowest BCUT2D eigenvalue weighted by Crippen LogP contribution is -2.41. The van der Waals surface area contributed by atoms with Gasteiger partial charge in [-0.2, -0.15) is 14.6 Å². The Bertz CT molecular complexity index is 1170. The van der Waals surface area contributed by atoms with Crippen LogP contribution < -0.4 is 10.6 Å². The molecule has 35 heavy (non-hydrogen) atoms. The fourth-order valence-electron chi connectivity index (χ4n) is 4.82. The van der Waals surface area contributed by atoms with Crippen LogP contribution >= 0.6 is 0 Å². The molecule has 0 amide bonds. The number of sulfonamides is 1. The van der Waals surface area contributed by atoms with Crippen molar-refractivity contribution in [3.8, 4) is 6.07 Å². The number of nitriles is 1. The molecule has 1 aliphatic carbocycles. The molecule has 2 fully saturated rings. The quantitative estimate of drug-likeness (QED) is 0.506. The van der Waals surface area contributed by atoms with E-state index in [1.54, 1.807) is 16.4 Å². The standard InChI is InChI=1S/C25H34N6O3S/c1-25(2)15-20(7-10-22(25)32)29-23-19(16-26)17-28-24(30-23)27-12-11-18-5-8-21(9-6-18)35(33,34)31-13-3-4-14-31/h5-6,8-9,17,20,22,32H,3-4,7,10-15H2,1-2H3,(H2,27,28,29,30)/t20-,22+/m1/s1. The first-order valence-electron chi connectivity index (χ1n) is 12.2. The number of aliphatic hydroxyl groups is 1. The van der Waals surface area contributed by atoms with Crippen LogP contribution in [0.25, 0.3) is 0 Å². The van der Waals surface area contributed by atoms with Crippen LogP contribution in [0.5, 0.6) is 0 Å². The highest BCUT2D eigenvalue weighted by molar-refractivity contribution is 7.89. The van der Waals surface area contributed by atoms with Crippen molar-refractivity contribution in [2.45, 2.75) is 69.4 Å². The number of benzene rings is 1. The van der Waals surface area contributed by atoms with Gasteiger partial charge in [0.1, 0.15) is 17.5 Å². The first-order chi connectivity index (χ1) is 16.7. The van der Waals surface area contributed by atoms with Gasteiger partial charge in [0, 0.05) is 25.7 Å². The Labute approximate surface area is 207 Å². The summed E-state index contributed by atoms with van der Waals surface area (Å²) in [7, 11) is -3.40. The zero-order valence-electron chi connectivity index (χ0n) is 20.4. The third-order valence-electron chi connectivity index (χ3n) is 7.04. The zero-order valence-corrected chi connectivity index (χ0v) is 21.2. The maximum absolute atomic E-state index is 12.7. The predicted octanol–water partition coefficient (Wildman–Crippen LogP) is 3.14. The Morgan fingerprint density at radius 3 is 2.57 bits per heavy atom. The largest absolute Gasteiger partial charge is 0.393 e. The summed E-state index contributed by atoms with van der Waals surface area (Å²) in [5, 5.41) is 26.3. The average molecular weight is 499 g/mol. The Kier molecular flexibility index (Phi) is 7.59. The molecule has 1 aromatic carbocycles. The van der Waals surface area contributed by atoms with Crippen LogP contribution in [0.1, 0.15) is 57.1 Å². The Morgan fingerprint density at radius 2 is 1.91 bits per heavy atom. The van der Waals surface area contributed by atoms with E-state index in [0.717, 1.165) is 31.2 Å². The lowest BCUT2D eigenvalue weighted by molar-refractivity contribution is 0.00926. The van der Waals surface area contributed by atoms with Crippen LogP contribution in [-0.4, -0.2) is 59.6 Å². The molecule has 4 rings (SSSR count). The molecule has 9 nitrogen and oxygen atoms in total. The van der Waals surface area contributed by atoms with E-state index in [0.29, 0.717) is 54.7 Å². The fraction of sp³-hybridized carbons (Fsp3) is 0.560. The second-order valence-corrected chi connectivity index (χ2v) is 12.1. The van der Waals surface area contributed by atoms with E-state index < -0.39 is 10.0 Å². The van der Waals surface area contributed by atoms with Crippen molar-refractivity contribution < 1.29 is 13.5 Å². The zero-order chi connectivity index (χ0) is 25.1. The van der Waals surface area contributed by atoms with E-state index in [9.17, 15) is 18.8 Å². The van der Waals surface area contributed by atoms with E-state index in [-0.39, 0.29) is 17.6 Å². The molecule has 1 aliphatic heterocycles. The van der Waals surface area contributed by atoms with Gasteiger partial charge in [0.25, 0.3) is 0 Å². The number of nitrogens with zero attached hydrogens (tertiary/aromatic N) is 4. The van der Waals surface area contributed by atoms with Crippen LogP contribution in [0.3, 0.4) is 0 Å². The molecule has 0 spiro atoms. The highest BCUT2D eigenvalue weighted by Crippen LogP contribution is 2.37. The molecule has 2 atom stereocenters. The van der Waals surface area contributed by atoms with Gasteiger partial charge in [-0.25, -0.2) is 13.4 Å².